The first-order valence-electron chi connectivity index (χ1n) is 7.87. The van der Waals surface area contributed by atoms with Gasteiger partial charge in [-0.1, -0.05) is 35.3 Å². The van der Waals surface area contributed by atoms with Crippen molar-refractivity contribution in [1.82, 2.24) is 9.55 Å². The maximum Gasteiger partial charge on any atom is 0.291 e. The normalized spacial score (nSPS) is 11.2. The first-order chi connectivity index (χ1) is 12.9. The lowest BCUT2D eigenvalue weighted by molar-refractivity contribution is -0.742. The van der Waals surface area contributed by atoms with E-state index in [0.29, 0.717) is 11.6 Å². The van der Waals surface area contributed by atoms with Crippen LogP contribution >= 0.6 is 23.2 Å². The van der Waals surface area contributed by atoms with Crippen molar-refractivity contribution in [2.45, 2.75) is 12.5 Å². The van der Waals surface area contributed by atoms with E-state index in [1.54, 1.807) is 6.20 Å². The van der Waals surface area contributed by atoms with Crippen molar-refractivity contribution >= 4 is 23.2 Å². The second kappa shape index (κ2) is 10.4. The Hall–Kier alpha value is -2.77. The Kier molecular flexibility index (Phi) is 7.91. The molecule has 27 heavy (non-hydrogen) atoms. The Morgan fingerprint density at radius 2 is 1.67 bits per heavy atom. The molecule has 3 aromatic rings. The molecular weight excluding hydrogens is 393 g/mol. The fraction of sp³-hybridized carbons (Fsp3) is 0.167. The summed E-state index contributed by atoms with van der Waals surface area (Å²) < 4.78 is 7.98. The first-order valence-corrected chi connectivity index (χ1v) is 8.62. The van der Waals surface area contributed by atoms with E-state index in [4.69, 9.17) is 43.3 Å². The van der Waals surface area contributed by atoms with Crippen LogP contribution in [0.1, 0.15) is 11.5 Å². The summed E-state index contributed by atoms with van der Waals surface area (Å²) in [6.07, 6.45) is 5.54. The zero-order valence-corrected chi connectivity index (χ0v) is 15.6. The molecule has 1 heterocycles. The molecule has 0 aliphatic rings. The molecule has 0 aliphatic carbocycles. The smallest absolute Gasteiger partial charge is 0.291 e. The highest BCUT2D eigenvalue weighted by molar-refractivity contribution is 6.30. The lowest BCUT2D eigenvalue weighted by Gasteiger charge is -2.19. The van der Waals surface area contributed by atoms with Crippen LogP contribution in [0, 0.1) is 10.1 Å². The molecule has 1 aromatic heterocycles. The molecule has 0 aliphatic heterocycles. The molecule has 1 atom stereocenters. The van der Waals surface area contributed by atoms with Crippen LogP contribution < -0.4 is 4.74 Å². The SMILES string of the molecule is Clc1ccc(OCC(Cn2ccnc2)c2ccc(Cl)cc2)cc1.O=[N+]([O-])O. The molecule has 9 heteroatoms. The van der Waals surface area contributed by atoms with E-state index in [0.717, 1.165) is 17.3 Å². The predicted octanol–water partition coefficient (Wildman–Crippen LogP) is 4.71. The van der Waals surface area contributed by atoms with E-state index in [2.05, 4.69) is 4.98 Å². The van der Waals surface area contributed by atoms with E-state index in [1.165, 1.54) is 5.56 Å². The van der Waals surface area contributed by atoms with Crippen molar-refractivity contribution in [1.29, 1.82) is 0 Å². The number of aromatic nitrogens is 2. The van der Waals surface area contributed by atoms with E-state index >= 15 is 0 Å². The molecular formula is C18H17Cl2N3O4. The number of hydrogen-bond acceptors (Lipinski definition) is 4. The lowest BCUT2D eigenvalue weighted by Crippen LogP contribution is -2.16. The summed E-state index contributed by atoms with van der Waals surface area (Å²) in [5, 5.41) is 15.1. The minimum atomic E-state index is -1.50. The Morgan fingerprint density at radius 1 is 1.11 bits per heavy atom. The van der Waals surface area contributed by atoms with Crippen LogP contribution in [-0.4, -0.2) is 26.5 Å². The zero-order valence-electron chi connectivity index (χ0n) is 14.1. The van der Waals surface area contributed by atoms with Gasteiger partial charge in [0.2, 0.25) is 0 Å². The summed E-state index contributed by atoms with van der Waals surface area (Å²) in [6, 6.07) is 15.3. The highest BCUT2D eigenvalue weighted by Crippen LogP contribution is 2.23. The third kappa shape index (κ3) is 7.55. The third-order valence-electron chi connectivity index (χ3n) is 3.60. The minimum absolute atomic E-state index is 0.192. The van der Waals surface area contributed by atoms with E-state index in [-0.39, 0.29) is 5.92 Å². The van der Waals surface area contributed by atoms with Crippen molar-refractivity contribution in [3.63, 3.8) is 0 Å². The fourth-order valence-corrected chi connectivity index (χ4v) is 2.62. The first kappa shape index (κ1) is 20.5. The lowest BCUT2D eigenvalue weighted by atomic mass is 10.00. The number of benzene rings is 2. The summed E-state index contributed by atoms with van der Waals surface area (Å²) in [5.74, 6) is 0.996. The largest absolute Gasteiger partial charge is 0.493 e. The molecule has 2 aromatic carbocycles. The molecule has 0 bridgehead atoms. The Balaban J connectivity index is 0.000000596. The molecule has 0 fully saturated rings. The van der Waals surface area contributed by atoms with Gasteiger partial charge in [-0.2, -0.15) is 0 Å². The second-order valence-corrected chi connectivity index (χ2v) is 6.38. The van der Waals surface area contributed by atoms with Crippen LogP contribution in [0.25, 0.3) is 0 Å². The van der Waals surface area contributed by atoms with Gasteiger partial charge in [0.25, 0.3) is 5.09 Å². The molecule has 0 saturated carbocycles. The number of imidazole rings is 1. The summed E-state index contributed by atoms with van der Waals surface area (Å²) in [5.41, 5.74) is 1.18. The Morgan fingerprint density at radius 3 is 2.19 bits per heavy atom. The maximum absolute atomic E-state index is 8.36. The monoisotopic (exact) mass is 409 g/mol. The van der Waals surface area contributed by atoms with Gasteiger partial charge in [0, 0.05) is 34.9 Å². The van der Waals surface area contributed by atoms with Crippen LogP contribution in [0.2, 0.25) is 10.0 Å². The van der Waals surface area contributed by atoms with Gasteiger partial charge >= 0.3 is 0 Å². The van der Waals surface area contributed by atoms with Gasteiger partial charge in [-0.05, 0) is 42.0 Å². The van der Waals surface area contributed by atoms with Crippen LogP contribution in [-0.2, 0) is 6.54 Å². The average Bonchev–Trinajstić information content (AvgIpc) is 3.13. The van der Waals surface area contributed by atoms with Crippen molar-refractivity contribution in [2.24, 2.45) is 0 Å². The quantitative estimate of drug-likeness (QED) is 0.470. The number of halogens is 2. The molecule has 1 unspecified atom stereocenters. The molecule has 7 nitrogen and oxygen atoms in total. The summed E-state index contributed by atoms with van der Waals surface area (Å²) in [7, 11) is 0. The molecule has 0 radical (unpaired) electrons. The van der Waals surface area contributed by atoms with Gasteiger partial charge < -0.3 is 14.5 Å². The van der Waals surface area contributed by atoms with E-state index in [1.807, 2.05) is 65.6 Å². The molecule has 3 rings (SSSR count). The number of hydrogen-bond donors (Lipinski definition) is 1. The highest BCUT2D eigenvalue weighted by atomic mass is 35.5. The average molecular weight is 410 g/mol. The topological polar surface area (TPSA) is 90.4 Å². The second-order valence-electron chi connectivity index (χ2n) is 5.51. The van der Waals surface area contributed by atoms with E-state index in [9.17, 15) is 0 Å². The number of rotatable bonds is 6. The molecule has 0 saturated heterocycles. The van der Waals surface area contributed by atoms with Gasteiger partial charge in [0.05, 0.1) is 12.9 Å². The van der Waals surface area contributed by atoms with Gasteiger partial charge in [0.15, 0.2) is 0 Å². The number of nitrogens with zero attached hydrogens (tertiary/aromatic N) is 3. The van der Waals surface area contributed by atoms with Crippen LogP contribution in [0.3, 0.4) is 0 Å². The molecule has 1 N–H and O–H groups in total. The summed E-state index contributed by atoms with van der Waals surface area (Å²) in [4.78, 5) is 12.5. The van der Waals surface area contributed by atoms with Crippen molar-refractivity contribution in [3.8, 4) is 5.75 Å². The molecule has 0 spiro atoms. The molecule has 0 amide bonds. The third-order valence-corrected chi connectivity index (χ3v) is 4.10. The highest BCUT2D eigenvalue weighted by Gasteiger charge is 2.14. The minimum Gasteiger partial charge on any atom is -0.493 e. The standard InChI is InChI=1S/C18H16Cl2N2O.HNO3/c19-16-3-1-14(2-4-16)15(11-22-10-9-21-13-22)12-23-18-7-5-17(20)6-8-18;2-1(3)4/h1-10,13,15H,11-12H2;(H,2,3,4). The van der Waals surface area contributed by atoms with Crippen molar-refractivity contribution < 1.29 is 15.0 Å². The van der Waals surface area contributed by atoms with Crippen LogP contribution in [0.5, 0.6) is 5.75 Å². The molecule has 142 valence electrons. The number of ether oxygens (including phenoxy) is 1. The van der Waals surface area contributed by atoms with Crippen molar-refractivity contribution in [3.05, 3.63) is 93.0 Å². The fourth-order valence-electron chi connectivity index (χ4n) is 2.37. The van der Waals surface area contributed by atoms with Gasteiger partial charge in [0.1, 0.15) is 5.75 Å². The Labute approximate surface area is 165 Å². The summed E-state index contributed by atoms with van der Waals surface area (Å²) in [6.45, 7) is 1.34. The predicted molar refractivity (Wildman–Crippen MR) is 102 cm³/mol. The summed E-state index contributed by atoms with van der Waals surface area (Å²) >= 11 is 11.9. The van der Waals surface area contributed by atoms with Gasteiger partial charge in [-0.15, -0.1) is 10.1 Å². The van der Waals surface area contributed by atoms with Crippen molar-refractivity contribution in [2.75, 3.05) is 6.61 Å². The maximum atomic E-state index is 8.36. The Bertz CT molecular complexity index is 821. The van der Waals surface area contributed by atoms with Crippen LogP contribution in [0.15, 0.2) is 67.3 Å². The van der Waals surface area contributed by atoms with Gasteiger partial charge in [-0.3, -0.25) is 0 Å². The van der Waals surface area contributed by atoms with E-state index < -0.39 is 5.09 Å². The zero-order chi connectivity index (χ0) is 19.6. The van der Waals surface area contributed by atoms with Gasteiger partial charge in [-0.25, -0.2) is 4.98 Å². The van der Waals surface area contributed by atoms with Crippen LogP contribution in [0.4, 0.5) is 0 Å².